The smallest absolute Gasteiger partial charge is 0.169 e. The molecule has 1 atom stereocenters. The van der Waals surface area contributed by atoms with Gasteiger partial charge in [0.1, 0.15) is 0 Å². The van der Waals surface area contributed by atoms with Gasteiger partial charge in [0.2, 0.25) is 0 Å². The number of carbonyl (C=O) groups is 1. The lowest BCUT2D eigenvalue weighted by Gasteiger charge is -2.38. The number of carbonyl (C=O) groups excluding carboxylic acids is 1. The van der Waals surface area contributed by atoms with Gasteiger partial charge in [-0.25, -0.2) is 0 Å². The summed E-state index contributed by atoms with van der Waals surface area (Å²) < 4.78 is 0. The van der Waals surface area contributed by atoms with Gasteiger partial charge in [-0.3, -0.25) is 9.69 Å². The first-order chi connectivity index (χ1) is 7.17. The molecule has 1 unspecified atom stereocenters. The summed E-state index contributed by atoms with van der Waals surface area (Å²) in [6.45, 7) is 6.51. The Morgan fingerprint density at radius 1 is 1.67 bits per heavy atom. The van der Waals surface area contributed by atoms with Crippen LogP contribution < -0.4 is 0 Å². The van der Waals surface area contributed by atoms with Crippen molar-refractivity contribution in [3.63, 3.8) is 0 Å². The van der Waals surface area contributed by atoms with Crippen molar-refractivity contribution < 1.29 is 4.79 Å². The molecule has 15 heavy (non-hydrogen) atoms. The van der Waals surface area contributed by atoms with Gasteiger partial charge >= 0.3 is 0 Å². The predicted molar refractivity (Wildman–Crippen MR) is 58.3 cm³/mol. The van der Waals surface area contributed by atoms with Crippen LogP contribution in [0.3, 0.4) is 0 Å². The van der Waals surface area contributed by atoms with Crippen LogP contribution in [0, 0.1) is 11.3 Å². The van der Waals surface area contributed by atoms with Crippen molar-refractivity contribution in [3.8, 4) is 6.07 Å². The molecule has 0 spiro atoms. The van der Waals surface area contributed by atoms with Gasteiger partial charge in [-0.2, -0.15) is 5.26 Å². The molecular formula is C11H17N3O. The number of nitrogens with zero attached hydrogens (tertiary/aromatic N) is 3. The molecule has 4 nitrogen and oxygen atoms in total. The van der Waals surface area contributed by atoms with Crippen molar-refractivity contribution in [2.24, 2.45) is 0 Å². The van der Waals surface area contributed by atoms with Crippen LogP contribution in [-0.2, 0) is 4.79 Å². The molecular weight excluding hydrogens is 190 g/mol. The largest absolute Gasteiger partial charge is 0.304 e. The fourth-order valence-electron chi connectivity index (χ4n) is 1.82. The molecule has 1 saturated heterocycles. The number of likely N-dealkylation sites (N-methyl/N-ethyl adjacent to an activating group) is 1. The molecule has 1 fully saturated rings. The molecule has 1 rings (SSSR count). The minimum atomic E-state index is 0.0301. The van der Waals surface area contributed by atoms with E-state index in [1.54, 1.807) is 0 Å². The molecule has 0 bridgehead atoms. The monoisotopic (exact) mass is 207 g/mol. The highest BCUT2D eigenvalue weighted by Gasteiger charge is 2.25. The van der Waals surface area contributed by atoms with E-state index in [2.05, 4.69) is 22.4 Å². The molecule has 4 heteroatoms. The van der Waals surface area contributed by atoms with Crippen molar-refractivity contribution in [1.29, 1.82) is 5.26 Å². The highest BCUT2D eigenvalue weighted by molar-refractivity contribution is 5.90. The molecule has 1 heterocycles. The average Bonchev–Trinajstić information content (AvgIpc) is 2.22. The Morgan fingerprint density at radius 3 is 3.00 bits per heavy atom. The lowest BCUT2D eigenvalue weighted by molar-refractivity contribution is -0.116. The van der Waals surface area contributed by atoms with Crippen LogP contribution in [0.2, 0.25) is 0 Å². The highest BCUT2D eigenvalue weighted by atomic mass is 16.1. The summed E-state index contributed by atoms with van der Waals surface area (Å²) >= 11 is 0. The number of rotatable bonds is 4. The van der Waals surface area contributed by atoms with E-state index in [1.807, 2.05) is 7.05 Å². The maximum atomic E-state index is 11.3. The van der Waals surface area contributed by atoms with Crippen LogP contribution in [0.4, 0.5) is 0 Å². The minimum Gasteiger partial charge on any atom is -0.304 e. The molecule has 1 aliphatic rings. The Balaban J connectivity index is 2.56. The number of nitriles is 1. The van der Waals surface area contributed by atoms with Crippen LogP contribution in [-0.4, -0.2) is 54.9 Å². The number of piperazine rings is 1. The van der Waals surface area contributed by atoms with Crippen molar-refractivity contribution in [1.82, 2.24) is 9.80 Å². The van der Waals surface area contributed by atoms with E-state index in [4.69, 9.17) is 5.26 Å². The Bertz CT molecular complexity index is 282. The Morgan fingerprint density at radius 2 is 2.40 bits per heavy atom. The molecule has 0 aromatic rings. The van der Waals surface area contributed by atoms with Crippen LogP contribution >= 0.6 is 0 Å². The Hall–Kier alpha value is -1.18. The predicted octanol–water partition coefficient (Wildman–Crippen LogP) is 0.271. The summed E-state index contributed by atoms with van der Waals surface area (Å²) in [6, 6.07) is 2.35. The zero-order chi connectivity index (χ0) is 11.3. The second-order valence-electron chi connectivity index (χ2n) is 3.92. The first-order valence-corrected chi connectivity index (χ1v) is 5.12. The minimum absolute atomic E-state index is 0.0301. The van der Waals surface area contributed by atoms with Gasteiger partial charge in [0.25, 0.3) is 0 Å². The number of ketones is 1. The van der Waals surface area contributed by atoms with Crippen molar-refractivity contribution in [2.45, 2.75) is 12.5 Å². The number of hydrogen-bond acceptors (Lipinski definition) is 4. The highest BCUT2D eigenvalue weighted by Crippen LogP contribution is 2.11. The molecule has 82 valence electrons. The molecule has 0 aliphatic carbocycles. The topological polar surface area (TPSA) is 47.3 Å². The van der Waals surface area contributed by atoms with Crippen LogP contribution in [0.25, 0.3) is 0 Å². The third kappa shape index (κ3) is 3.46. The van der Waals surface area contributed by atoms with Gasteiger partial charge in [-0.1, -0.05) is 6.58 Å². The van der Waals surface area contributed by atoms with E-state index in [9.17, 15) is 4.79 Å². The first-order valence-electron chi connectivity index (χ1n) is 5.12. The van der Waals surface area contributed by atoms with E-state index < -0.39 is 0 Å². The fraction of sp³-hybridized carbons (Fsp3) is 0.636. The Kier molecular flexibility index (Phi) is 4.47. The average molecular weight is 207 g/mol. The maximum absolute atomic E-state index is 11.3. The van der Waals surface area contributed by atoms with E-state index in [-0.39, 0.29) is 11.8 Å². The van der Waals surface area contributed by atoms with Gasteiger partial charge < -0.3 is 4.90 Å². The normalized spacial score (nSPS) is 23.3. The van der Waals surface area contributed by atoms with Gasteiger partial charge in [0.15, 0.2) is 5.78 Å². The molecule has 0 amide bonds. The lowest BCUT2D eigenvalue weighted by atomic mass is 10.1. The fourth-order valence-corrected chi connectivity index (χ4v) is 1.82. The van der Waals surface area contributed by atoms with Gasteiger partial charge in [0, 0.05) is 25.7 Å². The zero-order valence-corrected chi connectivity index (χ0v) is 9.15. The van der Waals surface area contributed by atoms with E-state index in [0.29, 0.717) is 13.0 Å². The van der Waals surface area contributed by atoms with Crippen LogP contribution in [0.1, 0.15) is 6.42 Å². The molecule has 0 aromatic heterocycles. The third-order valence-electron chi connectivity index (χ3n) is 2.72. The Labute approximate surface area is 90.8 Å². The summed E-state index contributed by atoms with van der Waals surface area (Å²) in [4.78, 5) is 15.5. The van der Waals surface area contributed by atoms with E-state index >= 15 is 0 Å². The summed E-state index contributed by atoms with van der Waals surface area (Å²) in [6.07, 6.45) is 1.83. The summed E-state index contributed by atoms with van der Waals surface area (Å²) in [5.41, 5.74) is 0. The summed E-state index contributed by atoms with van der Waals surface area (Å²) in [5.74, 6) is 0.0301. The quantitative estimate of drug-likeness (QED) is 0.621. The van der Waals surface area contributed by atoms with Gasteiger partial charge in [0.05, 0.1) is 19.0 Å². The summed E-state index contributed by atoms with van der Waals surface area (Å²) in [7, 11) is 2.04. The molecule has 0 aromatic carbocycles. The molecule has 1 aliphatic heterocycles. The molecule has 0 N–H and O–H groups in total. The van der Waals surface area contributed by atoms with Crippen molar-refractivity contribution in [2.75, 3.05) is 33.2 Å². The number of hydrogen-bond donors (Lipinski definition) is 0. The van der Waals surface area contributed by atoms with Crippen LogP contribution in [0.15, 0.2) is 12.7 Å². The third-order valence-corrected chi connectivity index (χ3v) is 2.72. The van der Waals surface area contributed by atoms with Crippen molar-refractivity contribution >= 4 is 5.78 Å². The molecule has 0 saturated carbocycles. The SMILES string of the molecule is C=CC(=O)CN1CCN(C)CC1CC#N. The lowest BCUT2D eigenvalue weighted by Crippen LogP contribution is -2.52. The van der Waals surface area contributed by atoms with E-state index in [1.165, 1.54) is 6.08 Å². The zero-order valence-electron chi connectivity index (χ0n) is 9.15. The van der Waals surface area contributed by atoms with Crippen molar-refractivity contribution in [3.05, 3.63) is 12.7 Å². The first kappa shape index (κ1) is 11.9. The second kappa shape index (κ2) is 5.64. The van der Waals surface area contributed by atoms with Gasteiger partial charge in [-0.15, -0.1) is 0 Å². The standard InChI is InChI=1S/C11H17N3O/c1-3-11(15)9-14-7-6-13(2)8-10(14)4-5-12/h3,10H,1,4,6-9H2,2H3. The second-order valence-corrected chi connectivity index (χ2v) is 3.92. The summed E-state index contributed by atoms with van der Waals surface area (Å²) in [5, 5.41) is 8.71. The van der Waals surface area contributed by atoms with E-state index in [0.717, 1.165) is 19.6 Å². The van der Waals surface area contributed by atoms with Gasteiger partial charge in [-0.05, 0) is 13.1 Å². The molecule has 0 radical (unpaired) electrons. The van der Waals surface area contributed by atoms with Crippen LogP contribution in [0.5, 0.6) is 0 Å². The maximum Gasteiger partial charge on any atom is 0.169 e.